The van der Waals surface area contributed by atoms with E-state index in [0.717, 1.165) is 0 Å². The molecule has 4 N–H and O–H groups in total. The first-order valence-corrected chi connectivity index (χ1v) is 9.36. The molecule has 1 atom stereocenters. The zero-order chi connectivity index (χ0) is 20.8. The van der Waals surface area contributed by atoms with Gasteiger partial charge in [0.25, 0.3) is 5.91 Å². The maximum absolute atomic E-state index is 12.8. The van der Waals surface area contributed by atoms with Gasteiger partial charge in [0.2, 0.25) is 11.8 Å². The Morgan fingerprint density at radius 2 is 1.90 bits per heavy atom. The van der Waals surface area contributed by atoms with Crippen molar-refractivity contribution in [3.8, 4) is 5.75 Å². The van der Waals surface area contributed by atoms with Crippen LogP contribution in [0.25, 0.3) is 0 Å². The molecule has 152 valence electrons. The first kappa shape index (κ1) is 20.3. The van der Waals surface area contributed by atoms with Gasteiger partial charge < -0.3 is 26.0 Å². The highest BCUT2D eigenvalue weighted by atomic mass is 16.5. The Kier molecular flexibility index (Phi) is 6.46. The van der Waals surface area contributed by atoms with E-state index in [9.17, 15) is 14.4 Å². The highest BCUT2D eigenvalue weighted by molar-refractivity contribution is 6.07. The molecular weight excluding hydrogens is 372 g/mol. The lowest BCUT2D eigenvalue weighted by atomic mass is 10.1. The van der Waals surface area contributed by atoms with Crippen LogP contribution < -0.4 is 26.0 Å². The van der Waals surface area contributed by atoms with E-state index in [1.165, 1.54) is 0 Å². The summed E-state index contributed by atoms with van der Waals surface area (Å²) in [6.45, 7) is 0.944. The van der Waals surface area contributed by atoms with Gasteiger partial charge in [-0.1, -0.05) is 12.1 Å². The Hall–Kier alpha value is -3.39. The number of nitrogens with one attached hydrogen (secondary N) is 2. The monoisotopic (exact) mass is 396 g/mol. The molecule has 3 amide bonds. The second-order valence-corrected chi connectivity index (χ2v) is 6.68. The molecule has 0 aliphatic carbocycles. The SMILES string of the molecule is COc1ccc(N2CC(C(=O)Nc3ccccc3C(=O)NCCN)CC2=O)cc1. The molecule has 2 aromatic rings. The number of rotatable bonds is 7. The van der Waals surface area contributed by atoms with Gasteiger partial charge in [-0.2, -0.15) is 0 Å². The number of para-hydroxylation sites is 1. The van der Waals surface area contributed by atoms with E-state index in [1.54, 1.807) is 60.5 Å². The lowest BCUT2D eigenvalue weighted by molar-refractivity contribution is -0.122. The van der Waals surface area contributed by atoms with Gasteiger partial charge in [-0.3, -0.25) is 14.4 Å². The number of amides is 3. The van der Waals surface area contributed by atoms with E-state index < -0.39 is 5.92 Å². The van der Waals surface area contributed by atoms with Crippen molar-refractivity contribution in [2.24, 2.45) is 11.7 Å². The zero-order valence-electron chi connectivity index (χ0n) is 16.2. The number of carbonyl (C=O) groups is 3. The summed E-state index contributed by atoms with van der Waals surface area (Å²) in [7, 11) is 1.57. The summed E-state index contributed by atoms with van der Waals surface area (Å²) in [4.78, 5) is 39.1. The van der Waals surface area contributed by atoms with Crippen LogP contribution in [-0.2, 0) is 9.59 Å². The van der Waals surface area contributed by atoms with Crippen molar-refractivity contribution >= 4 is 29.1 Å². The third-order valence-electron chi connectivity index (χ3n) is 4.74. The second kappa shape index (κ2) is 9.20. The average molecular weight is 396 g/mol. The van der Waals surface area contributed by atoms with E-state index in [-0.39, 0.29) is 30.7 Å². The smallest absolute Gasteiger partial charge is 0.253 e. The third kappa shape index (κ3) is 4.72. The highest BCUT2D eigenvalue weighted by Crippen LogP contribution is 2.28. The van der Waals surface area contributed by atoms with Crippen molar-refractivity contribution in [3.63, 3.8) is 0 Å². The fourth-order valence-corrected chi connectivity index (χ4v) is 3.20. The van der Waals surface area contributed by atoms with Crippen molar-refractivity contribution in [1.82, 2.24) is 5.32 Å². The average Bonchev–Trinajstić information content (AvgIpc) is 3.14. The molecule has 1 fully saturated rings. The standard InChI is InChI=1S/C21H24N4O4/c1-29-16-8-6-15(7-9-16)25-13-14(12-19(25)26)20(27)24-18-5-3-2-4-17(18)21(28)23-11-10-22/h2-9,14H,10-13,22H2,1H3,(H,23,28)(H,24,27). The minimum atomic E-state index is -0.509. The maximum atomic E-state index is 12.8. The molecule has 2 aromatic carbocycles. The summed E-state index contributed by atoms with van der Waals surface area (Å²) in [5, 5.41) is 5.48. The number of hydrogen-bond donors (Lipinski definition) is 3. The van der Waals surface area contributed by atoms with Gasteiger partial charge in [0.05, 0.1) is 24.3 Å². The molecule has 0 saturated carbocycles. The Morgan fingerprint density at radius 1 is 1.17 bits per heavy atom. The van der Waals surface area contributed by atoms with Crippen LogP contribution in [0.15, 0.2) is 48.5 Å². The number of hydrogen-bond acceptors (Lipinski definition) is 5. The summed E-state index contributed by atoms with van der Waals surface area (Å²) in [5.41, 5.74) is 6.89. The molecule has 1 saturated heterocycles. The van der Waals surface area contributed by atoms with Crippen LogP contribution in [0.3, 0.4) is 0 Å². The molecule has 0 radical (unpaired) electrons. The third-order valence-corrected chi connectivity index (χ3v) is 4.74. The summed E-state index contributed by atoms with van der Waals surface area (Å²) in [5.74, 6) is -0.546. The van der Waals surface area contributed by atoms with Crippen LogP contribution in [0.1, 0.15) is 16.8 Å². The number of nitrogens with zero attached hydrogens (tertiary/aromatic N) is 1. The lowest BCUT2D eigenvalue weighted by Gasteiger charge is -2.17. The predicted molar refractivity (Wildman–Crippen MR) is 110 cm³/mol. The van der Waals surface area contributed by atoms with Gasteiger partial charge in [0.15, 0.2) is 0 Å². The van der Waals surface area contributed by atoms with E-state index in [4.69, 9.17) is 10.5 Å². The highest BCUT2D eigenvalue weighted by Gasteiger charge is 2.35. The summed E-state index contributed by atoms with van der Waals surface area (Å²) in [6.07, 6.45) is 0.111. The molecule has 29 heavy (non-hydrogen) atoms. The Labute approximate surface area is 169 Å². The maximum Gasteiger partial charge on any atom is 0.253 e. The number of ether oxygens (including phenoxy) is 1. The molecule has 8 heteroatoms. The Morgan fingerprint density at radius 3 is 2.59 bits per heavy atom. The lowest BCUT2D eigenvalue weighted by Crippen LogP contribution is -2.31. The van der Waals surface area contributed by atoms with E-state index >= 15 is 0 Å². The van der Waals surface area contributed by atoms with Crippen LogP contribution in [0, 0.1) is 5.92 Å². The number of methoxy groups -OCH3 is 1. The first-order chi connectivity index (χ1) is 14.0. The molecule has 8 nitrogen and oxygen atoms in total. The number of anilines is 2. The Balaban J connectivity index is 1.69. The van der Waals surface area contributed by atoms with Gasteiger partial charge >= 0.3 is 0 Å². The van der Waals surface area contributed by atoms with Crippen molar-refractivity contribution in [3.05, 3.63) is 54.1 Å². The molecule has 0 bridgehead atoms. The summed E-state index contributed by atoms with van der Waals surface area (Å²) >= 11 is 0. The van der Waals surface area contributed by atoms with E-state index in [1.807, 2.05) is 0 Å². The summed E-state index contributed by atoms with van der Waals surface area (Å²) in [6, 6.07) is 13.9. The normalized spacial score (nSPS) is 15.9. The van der Waals surface area contributed by atoms with Crippen molar-refractivity contribution in [2.75, 3.05) is 37.0 Å². The molecule has 0 aromatic heterocycles. The molecule has 0 spiro atoms. The van der Waals surface area contributed by atoms with Gasteiger partial charge in [-0.05, 0) is 36.4 Å². The largest absolute Gasteiger partial charge is 0.497 e. The fraction of sp³-hybridized carbons (Fsp3) is 0.286. The molecule has 1 aliphatic rings. The topological polar surface area (TPSA) is 114 Å². The van der Waals surface area contributed by atoms with Crippen LogP contribution in [0.5, 0.6) is 5.75 Å². The van der Waals surface area contributed by atoms with Crippen molar-refractivity contribution in [1.29, 1.82) is 0 Å². The van der Waals surface area contributed by atoms with Gasteiger partial charge in [-0.15, -0.1) is 0 Å². The fourth-order valence-electron chi connectivity index (χ4n) is 3.20. The van der Waals surface area contributed by atoms with Crippen LogP contribution in [0.2, 0.25) is 0 Å². The molecule has 3 rings (SSSR count). The molecule has 1 unspecified atom stereocenters. The molecule has 1 heterocycles. The van der Waals surface area contributed by atoms with Gasteiger partial charge in [-0.25, -0.2) is 0 Å². The minimum absolute atomic E-state index is 0.111. The van der Waals surface area contributed by atoms with E-state index in [2.05, 4.69) is 10.6 Å². The zero-order valence-corrected chi connectivity index (χ0v) is 16.2. The minimum Gasteiger partial charge on any atom is -0.497 e. The van der Waals surface area contributed by atoms with Crippen LogP contribution in [0.4, 0.5) is 11.4 Å². The van der Waals surface area contributed by atoms with Crippen molar-refractivity contribution < 1.29 is 19.1 Å². The Bertz CT molecular complexity index is 898. The van der Waals surface area contributed by atoms with Gasteiger partial charge in [0, 0.05) is 31.7 Å². The van der Waals surface area contributed by atoms with Crippen LogP contribution in [-0.4, -0.2) is 44.5 Å². The van der Waals surface area contributed by atoms with Crippen molar-refractivity contribution in [2.45, 2.75) is 6.42 Å². The number of carbonyl (C=O) groups excluding carboxylic acids is 3. The summed E-state index contributed by atoms with van der Waals surface area (Å²) < 4.78 is 5.13. The molecular formula is C21H24N4O4. The predicted octanol–water partition coefficient (Wildman–Crippen LogP) is 1.38. The second-order valence-electron chi connectivity index (χ2n) is 6.68. The van der Waals surface area contributed by atoms with E-state index in [0.29, 0.717) is 35.8 Å². The van der Waals surface area contributed by atoms with Crippen LogP contribution >= 0.6 is 0 Å². The molecule has 1 aliphatic heterocycles. The van der Waals surface area contributed by atoms with Gasteiger partial charge in [0.1, 0.15) is 5.75 Å². The quantitative estimate of drug-likeness (QED) is 0.654. The number of benzene rings is 2. The first-order valence-electron chi connectivity index (χ1n) is 9.36. The number of nitrogens with two attached hydrogens (primary N) is 1.